The number of rotatable bonds is 2. The van der Waals surface area contributed by atoms with Gasteiger partial charge in [-0.3, -0.25) is 4.99 Å². The molecule has 0 radical (unpaired) electrons. The number of hydrogen-bond acceptors (Lipinski definition) is 4. The van der Waals surface area contributed by atoms with Gasteiger partial charge in [-0.1, -0.05) is 60.7 Å². The van der Waals surface area contributed by atoms with Gasteiger partial charge in [-0.15, -0.1) is 11.8 Å². The van der Waals surface area contributed by atoms with E-state index in [1.54, 1.807) is 0 Å². The summed E-state index contributed by atoms with van der Waals surface area (Å²) in [6.45, 7) is 0.294. The van der Waals surface area contributed by atoms with Crippen LogP contribution < -0.4 is 9.47 Å². The van der Waals surface area contributed by atoms with Gasteiger partial charge >= 0.3 is 0 Å². The lowest BCUT2D eigenvalue weighted by atomic mass is 9.96. The molecule has 0 spiro atoms. The Morgan fingerprint density at radius 1 is 0.800 bits per heavy atom. The summed E-state index contributed by atoms with van der Waals surface area (Å²) in [5, 5.41) is 2.72. The van der Waals surface area contributed by atoms with Crippen LogP contribution in [0.4, 0.5) is 5.69 Å². The van der Waals surface area contributed by atoms with Crippen molar-refractivity contribution < 1.29 is 9.47 Å². The van der Waals surface area contributed by atoms with Crippen molar-refractivity contribution in [3.05, 3.63) is 96.1 Å². The molecular weight excluding hydrogens is 390 g/mol. The first-order valence-electron chi connectivity index (χ1n) is 10.1. The second-order valence-electron chi connectivity index (χ2n) is 7.48. The van der Waals surface area contributed by atoms with Crippen LogP contribution in [0, 0.1) is 0 Å². The van der Waals surface area contributed by atoms with Gasteiger partial charge in [0.15, 0.2) is 11.5 Å². The van der Waals surface area contributed by atoms with Gasteiger partial charge in [0.25, 0.3) is 0 Å². The molecule has 4 aromatic carbocycles. The first-order chi connectivity index (χ1) is 14.8. The monoisotopic (exact) mass is 409 g/mol. The SMILES string of the molecule is c1ccc2c(c1)N=C(c1cccc3ccccc13)CC(c1ccc3c(c1)OCO3)S2. The lowest BCUT2D eigenvalue weighted by Gasteiger charge is -2.17. The van der Waals surface area contributed by atoms with Crippen molar-refractivity contribution in [2.75, 3.05) is 6.79 Å². The normalized spacial score (nSPS) is 17.3. The summed E-state index contributed by atoms with van der Waals surface area (Å²) in [4.78, 5) is 6.35. The van der Waals surface area contributed by atoms with Gasteiger partial charge in [0.2, 0.25) is 6.79 Å². The zero-order valence-corrected chi connectivity index (χ0v) is 17.1. The van der Waals surface area contributed by atoms with Gasteiger partial charge in [-0.05, 0) is 40.6 Å². The van der Waals surface area contributed by atoms with Gasteiger partial charge in [0, 0.05) is 22.1 Å². The Hall–Kier alpha value is -3.24. The molecule has 1 atom stereocenters. The maximum Gasteiger partial charge on any atom is 0.231 e. The van der Waals surface area contributed by atoms with Crippen LogP contribution in [0.25, 0.3) is 10.8 Å². The highest BCUT2D eigenvalue weighted by Crippen LogP contribution is 2.47. The third kappa shape index (κ3) is 3.04. The number of nitrogens with zero attached hydrogens (tertiary/aromatic N) is 1. The van der Waals surface area contributed by atoms with Crippen LogP contribution in [0.2, 0.25) is 0 Å². The molecule has 30 heavy (non-hydrogen) atoms. The molecule has 2 aliphatic rings. The van der Waals surface area contributed by atoms with E-state index in [9.17, 15) is 0 Å². The van der Waals surface area contributed by atoms with Gasteiger partial charge in [-0.2, -0.15) is 0 Å². The van der Waals surface area contributed by atoms with Crippen molar-refractivity contribution in [2.45, 2.75) is 16.6 Å². The van der Waals surface area contributed by atoms with E-state index in [-0.39, 0.29) is 5.25 Å². The standard InChI is InChI=1S/C26H19NO2S/c1-2-8-19-17(6-1)7-5-9-20(19)22-15-26(30-25-11-4-3-10-21(25)27-22)18-12-13-23-24(14-18)29-16-28-23/h1-14,26H,15-16H2. The number of fused-ring (bicyclic) bond motifs is 3. The number of benzene rings is 4. The number of hydrogen-bond donors (Lipinski definition) is 0. The zero-order chi connectivity index (χ0) is 19.9. The molecule has 4 aromatic rings. The number of para-hydroxylation sites is 1. The molecule has 0 fully saturated rings. The molecule has 2 heterocycles. The molecular formula is C26H19NO2S. The molecule has 0 amide bonds. The van der Waals surface area contributed by atoms with Crippen LogP contribution in [-0.2, 0) is 0 Å². The topological polar surface area (TPSA) is 30.8 Å². The average molecular weight is 410 g/mol. The predicted molar refractivity (Wildman–Crippen MR) is 122 cm³/mol. The molecule has 0 aliphatic carbocycles. The Kier molecular flexibility index (Phi) is 4.24. The van der Waals surface area contributed by atoms with Crippen LogP contribution in [0.3, 0.4) is 0 Å². The van der Waals surface area contributed by atoms with Crippen molar-refractivity contribution in [2.24, 2.45) is 4.99 Å². The van der Waals surface area contributed by atoms with Crippen molar-refractivity contribution in [1.29, 1.82) is 0 Å². The smallest absolute Gasteiger partial charge is 0.231 e. The van der Waals surface area contributed by atoms with Crippen LogP contribution in [-0.4, -0.2) is 12.5 Å². The van der Waals surface area contributed by atoms with Gasteiger partial charge < -0.3 is 9.47 Å². The van der Waals surface area contributed by atoms with E-state index >= 15 is 0 Å². The molecule has 3 nitrogen and oxygen atoms in total. The van der Waals surface area contributed by atoms with Crippen molar-refractivity contribution in [3.63, 3.8) is 0 Å². The Bertz CT molecular complexity index is 1290. The van der Waals surface area contributed by atoms with Crippen LogP contribution in [0.5, 0.6) is 11.5 Å². The highest BCUT2D eigenvalue weighted by molar-refractivity contribution is 7.99. The first kappa shape index (κ1) is 17.6. The third-order valence-corrected chi connectivity index (χ3v) is 6.96. The fraction of sp³-hybridized carbons (Fsp3) is 0.115. The van der Waals surface area contributed by atoms with Gasteiger partial charge in [-0.25, -0.2) is 0 Å². The molecule has 2 aliphatic heterocycles. The second kappa shape index (κ2) is 7.22. The minimum absolute atomic E-state index is 0.237. The van der Waals surface area contributed by atoms with E-state index in [0.717, 1.165) is 29.3 Å². The average Bonchev–Trinajstić information content (AvgIpc) is 3.18. The Morgan fingerprint density at radius 2 is 1.63 bits per heavy atom. The Labute approximate surface area is 179 Å². The minimum atomic E-state index is 0.237. The number of aliphatic imine (C=N–C) groups is 1. The molecule has 0 bridgehead atoms. The predicted octanol–water partition coefficient (Wildman–Crippen LogP) is 6.93. The highest BCUT2D eigenvalue weighted by Gasteiger charge is 2.25. The highest BCUT2D eigenvalue weighted by atomic mass is 32.2. The van der Waals surface area contributed by atoms with Crippen molar-refractivity contribution in [3.8, 4) is 11.5 Å². The van der Waals surface area contributed by atoms with Gasteiger partial charge in [0.1, 0.15) is 0 Å². The van der Waals surface area contributed by atoms with E-state index in [4.69, 9.17) is 14.5 Å². The van der Waals surface area contributed by atoms with Crippen LogP contribution in [0.15, 0.2) is 94.8 Å². The largest absolute Gasteiger partial charge is 0.454 e. The number of ether oxygens (including phenoxy) is 2. The summed E-state index contributed by atoms with van der Waals surface area (Å²) in [5.74, 6) is 1.65. The fourth-order valence-corrected chi connectivity index (χ4v) is 5.38. The Morgan fingerprint density at radius 3 is 2.63 bits per heavy atom. The fourth-order valence-electron chi connectivity index (χ4n) is 4.16. The summed E-state index contributed by atoms with van der Waals surface area (Å²) in [5.41, 5.74) is 4.59. The zero-order valence-electron chi connectivity index (χ0n) is 16.2. The maximum absolute atomic E-state index is 5.64. The maximum atomic E-state index is 5.64. The van der Waals surface area contributed by atoms with E-state index in [0.29, 0.717) is 6.79 Å². The van der Waals surface area contributed by atoms with E-state index in [1.807, 2.05) is 17.8 Å². The van der Waals surface area contributed by atoms with E-state index in [2.05, 4.69) is 78.9 Å². The first-order valence-corrected chi connectivity index (χ1v) is 10.9. The molecule has 0 saturated heterocycles. The Balaban J connectivity index is 1.50. The quantitative estimate of drug-likeness (QED) is 0.360. The second-order valence-corrected chi connectivity index (χ2v) is 8.72. The molecule has 146 valence electrons. The molecule has 1 unspecified atom stereocenters. The summed E-state index contributed by atoms with van der Waals surface area (Å²) in [6, 6.07) is 29.7. The summed E-state index contributed by atoms with van der Waals surface area (Å²) >= 11 is 1.87. The molecule has 0 aromatic heterocycles. The van der Waals surface area contributed by atoms with E-state index < -0.39 is 0 Å². The summed E-state index contributed by atoms with van der Waals surface area (Å²) in [7, 11) is 0. The molecule has 6 rings (SSSR count). The van der Waals surface area contributed by atoms with Crippen LogP contribution >= 0.6 is 11.8 Å². The lowest BCUT2D eigenvalue weighted by molar-refractivity contribution is 0.174. The summed E-state index contributed by atoms with van der Waals surface area (Å²) < 4.78 is 11.1. The lowest BCUT2D eigenvalue weighted by Crippen LogP contribution is -2.06. The molecule has 0 saturated carbocycles. The molecule has 4 heteroatoms. The van der Waals surface area contributed by atoms with Crippen LogP contribution in [0.1, 0.15) is 22.8 Å². The third-order valence-electron chi connectivity index (χ3n) is 5.64. The van der Waals surface area contributed by atoms with E-state index in [1.165, 1.54) is 26.8 Å². The summed E-state index contributed by atoms with van der Waals surface area (Å²) in [6.07, 6.45) is 0.840. The number of thioether (sulfide) groups is 1. The van der Waals surface area contributed by atoms with Crippen molar-refractivity contribution >= 4 is 33.9 Å². The van der Waals surface area contributed by atoms with Crippen molar-refractivity contribution in [1.82, 2.24) is 0 Å². The minimum Gasteiger partial charge on any atom is -0.454 e. The van der Waals surface area contributed by atoms with Gasteiger partial charge in [0.05, 0.1) is 11.4 Å². The molecule has 0 N–H and O–H groups in total.